The van der Waals surface area contributed by atoms with Crippen LogP contribution in [0.2, 0.25) is 0 Å². The van der Waals surface area contributed by atoms with Crippen molar-refractivity contribution in [3.8, 4) is 0 Å². The van der Waals surface area contributed by atoms with Crippen LogP contribution in [0, 0.1) is 0 Å². The molecule has 0 radical (unpaired) electrons. The minimum Gasteiger partial charge on any atom is -0.343 e. The van der Waals surface area contributed by atoms with E-state index in [1.807, 2.05) is 7.05 Å². The predicted octanol–water partition coefficient (Wildman–Crippen LogP) is 1.92. The third-order valence-electron chi connectivity index (χ3n) is 3.55. The van der Waals surface area contributed by atoms with E-state index in [0.717, 1.165) is 11.3 Å². The van der Waals surface area contributed by atoms with E-state index in [1.165, 1.54) is 25.7 Å². The first-order chi connectivity index (χ1) is 7.75. The highest BCUT2D eigenvalue weighted by Gasteiger charge is 2.19. The molecule has 0 aromatic carbocycles. The molecule has 3 rings (SSSR count). The van der Waals surface area contributed by atoms with E-state index in [-0.39, 0.29) is 5.43 Å². The van der Waals surface area contributed by atoms with Crippen molar-refractivity contribution in [2.75, 3.05) is 0 Å². The molecule has 84 valence electrons. The van der Waals surface area contributed by atoms with Crippen molar-refractivity contribution in [3.63, 3.8) is 0 Å². The van der Waals surface area contributed by atoms with Gasteiger partial charge in [-0.2, -0.15) is 5.10 Å². The molecule has 16 heavy (non-hydrogen) atoms. The summed E-state index contributed by atoms with van der Waals surface area (Å²) < 4.78 is 1.73. The van der Waals surface area contributed by atoms with Crippen molar-refractivity contribution in [2.24, 2.45) is 7.05 Å². The average molecular weight is 217 g/mol. The second kappa shape index (κ2) is 3.47. The van der Waals surface area contributed by atoms with Crippen molar-refractivity contribution >= 4 is 11.0 Å². The number of rotatable bonds is 1. The number of H-pyrrole nitrogens is 1. The van der Waals surface area contributed by atoms with Gasteiger partial charge in [0.15, 0.2) is 5.43 Å². The van der Waals surface area contributed by atoms with Crippen LogP contribution >= 0.6 is 0 Å². The van der Waals surface area contributed by atoms with Gasteiger partial charge in [0.2, 0.25) is 0 Å². The molecule has 0 aliphatic heterocycles. The molecule has 0 unspecified atom stereocenters. The number of pyridine rings is 1. The monoisotopic (exact) mass is 217 g/mol. The number of aromatic amines is 1. The molecule has 2 heterocycles. The molecular weight excluding hydrogens is 202 g/mol. The van der Waals surface area contributed by atoms with Crippen molar-refractivity contribution in [1.82, 2.24) is 14.8 Å². The van der Waals surface area contributed by atoms with Crippen molar-refractivity contribution in [3.05, 3.63) is 28.2 Å². The van der Waals surface area contributed by atoms with E-state index in [9.17, 15) is 4.79 Å². The Balaban J connectivity index is 2.19. The molecule has 2 aromatic rings. The Labute approximate surface area is 93.3 Å². The van der Waals surface area contributed by atoms with Gasteiger partial charge < -0.3 is 4.98 Å². The zero-order valence-corrected chi connectivity index (χ0v) is 9.36. The number of hydrogen-bond acceptors (Lipinski definition) is 2. The van der Waals surface area contributed by atoms with Crippen LogP contribution in [0.1, 0.15) is 37.3 Å². The molecule has 1 aliphatic rings. The Bertz CT molecular complexity index is 575. The van der Waals surface area contributed by atoms with Gasteiger partial charge in [0.1, 0.15) is 5.65 Å². The molecule has 2 aromatic heterocycles. The molecule has 0 atom stereocenters. The second-order valence-corrected chi connectivity index (χ2v) is 4.60. The molecule has 4 nitrogen and oxygen atoms in total. The summed E-state index contributed by atoms with van der Waals surface area (Å²) in [4.78, 5) is 15.3. The fraction of sp³-hybridized carbons (Fsp3) is 0.500. The van der Waals surface area contributed by atoms with E-state index in [2.05, 4.69) is 10.1 Å². The number of fused-ring (bicyclic) bond motifs is 1. The van der Waals surface area contributed by atoms with Gasteiger partial charge in [-0.3, -0.25) is 9.48 Å². The van der Waals surface area contributed by atoms with E-state index in [0.29, 0.717) is 11.3 Å². The van der Waals surface area contributed by atoms with Gasteiger partial charge >= 0.3 is 0 Å². The summed E-state index contributed by atoms with van der Waals surface area (Å²) in [5.74, 6) is 0.534. The lowest BCUT2D eigenvalue weighted by Crippen LogP contribution is -2.08. The maximum atomic E-state index is 11.9. The third kappa shape index (κ3) is 1.37. The molecule has 1 saturated carbocycles. The standard InChI is InChI=1S/C12H15N3O/c1-15-12-9(7-13-15)11(16)6-10(14-12)8-4-2-3-5-8/h6-8H,2-5H2,1H3,(H,14,16). The Morgan fingerprint density at radius 1 is 1.44 bits per heavy atom. The third-order valence-corrected chi connectivity index (χ3v) is 3.55. The number of nitrogens with zero attached hydrogens (tertiary/aromatic N) is 2. The maximum absolute atomic E-state index is 11.9. The predicted molar refractivity (Wildman–Crippen MR) is 62.5 cm³/mol. The number of hydrogen-bond donors (Lipinski definition) is 1. The first-order valence-corrected chi connectivity index (χ1v) is 5.80. The lowest BCUT2D eigenvalue weighted by Gasteiger charge is -2.09. The molecule has 4 heteroatoms. The smallest absolute Gasteiger partial charge is 0.192 e. The molecule has 0 spiro atoms. The van der Waals surface area contributed by atoms with Crippen molar-refractivity contribution in [2.45, 2.75) is 31.6 Å². The normalized spacial score (nSPS) is 17.3. The summed E-state index contributed by atoms with van der Waals surface area (Å²) in [6.07, 6.45) is 6.57. The highest BCUT2D eigenvalue weighted by molar-refractivity contribution is 5.74. The van der Waals surface area contributed by atoms with Gasteiger partial charge in [-0.05, 0) is 18.8 Å². The van der Waals surface area contributed by atoms with Gasteiger partial charge in [0.25, 0.3) is 0 Å². The molecule has 1 fully saturated rings. The van der Waals surface area contributed by atoms with Crippen LogP contribution < -0.4 is 5.43 Å². The first-order valence-electron chi connectivity index (χ1n) is 5.80. The zero-order chi connectivity index (χ0) is 11.1. The first kappa shape index (κ1) is 9.63. The van der Waals surface area contributed by atoms with Crippen LogP contribution in [0.25, 0.3) is 11.0 Å². The van der Waals surface area contributed by atoms with Crippen LogP contribution in [0.5, 0.6) is 0 Å². The molecule has 0 bridgehead atoms. The van der Waals surface area contributed by atoms with Gasteiger partial charge in [-0.1, -0.05) is 12.8 Å². The minimum atomic E-state index is 0.0868. The quantitative estimate of drug-likeness (QED) is 0.793. The molecule has 0 saturated heterocycles. The van der Waals surface area contributed by atoms with Crippen LogP contribution in [0.4, 0.5) is 0 Å². The van der Waals surface area contributed by atoms with Gasteiger partial charge in [-0.25, -0.2) is 0 Å². The van der Waals surface area contributed by atoms with Crippen LogP contribution in [-0.4, -0.2) is 14.8 Å². The molecule has 1 N–H and O–H groups in total. The van der Waals surface area contributed by atoms with E-state index >= 15 is 0 Å². The molecular formula is C12H15N3O. The Kier molecular flexibility index (Phi) is 2.09. The van der Waals surface area contributed by atoms with Crippen LogP contribution in [-0.2, 0) is 7.05 Å². The lowest BCUT2D eigenvalue weighted by molar-refractivity contribution is 0.694. The minimum absolute atomic E-state index is 0.0868. The van der Waals surface area contributed by atoms with Crippen LogP contribution in [0.15, 0.2) is 17.1 Å². The molecule has 0 amide bonds. The summed E-state index contributed by atoms with van der Waals surface area (Å²) in [6.45, 7) is 0. The summed E-state index contributed by atoms with van der Waals surface area (Å²) in [6, 6.07) is 1.75. The van der Waals surface area contributed by atoms with E-state index in [1.54, 1.807) is 16.9 Å². The zero-order valence-electron chi connectivity index (χ0n) is 9.36. The summed E-state index contributed by atoms with van der Waals surface area (Å²) in [5.41, 5.74) is 2.01. The van der Waals surface area contributed by atoms with Gasteiger partial charge in [0, 0.05) is 18.8 Å². The highest BCUT2D eigenvalue weighted by atomic mass is 16.1. The van der Waals surface area contributed by atoms with Gasteiger partial charge in [-0.15, -0.1) is 0 Å². The van der Waals surface area contributed by atoms with Gasteiger partial charge in [0.05, 0.1) is 11.6 Å². The van der Waals surface area contributed by atoms with E-state index < -0.39 is 0 Å². The Morgan fingerprint density at radius 3 is 2.94 bits per heavy atom. The Hall–Kier alpha value is -1.58. The SMILES string of the molecule is Cn1ncc2c(=O)cc(C3CCCC3)[nH]c21. The summed E-state index contributed by atoms with van der Waals surface area (Å²) >= 11 is 0. The topological polar surface area (TPSA) is 50.7 Å². The van der Waals surface area contributed by atoms with Crippen molar-refractivity contribution < 1.29 is 0 Å². The largest absolute Gasteiger partial charge is 0.343 e. The summed E-state index contributed by atoms with van der Waals surface area (Å²) in [5, 5.41) is 4.79. The molecule has 1 aliphatic carbocycles. The second-order valence-electron chi connectivity index (χ2n) is 4.60. The number of aromatic nitrogens is 3. The Morgan fingerprint density at radius 2 is 2.19 bits per heavy atom. The fourth-order valence-electron chi connectivity index (χ4n) is 2.61. The number of nitrogens with one attached hydrogen (secondary N) is 1. The maximum Gasteiger partial charge on any atom is 0.192 e. The van der Waals surface area contributed by atoms with Crippen molar-refractivity contribution in [1.29, 1.82) is 0 Å². The average Bonchev–Trinajstić information content (AvgIpc) is 2.88. The lowest BCUT2D eigenvalue weighted by atomic mass is 10.0. The van der Waals surface area contributed by atoms with Crippen LogP contribution in [0.3, 0.4) is 0 Å². The highest BCUT2D eigenvalue weighted by Crippen LogP contribution is 2.32. The summed E-state index contributed by atoms with van der Waals surface area (Å²) in [7, 11) is 1.86. The van der Waals surface area contributed by atoms with E-state index in [4.69, 9.17) is 0 Å². The fourth-order valence-corrected chi connectivity index (χ4v) is 2.61. The number of aryl methyl sites for hydroxylation is 1.